The number of benzene rings is 1. The van der Waals surface area contributed by atoms with Crippen molar-refractivity contribution in [2.24, 2.45) is 4.01 Å². The number of hydrogen-bond acceptors (Lipinski definition) is 4. The molecular weight excluding hydrogens is 468 g/mol. The number of nitrogens with one attached hydrogen (secondary N) is 1. The van der Waals surface area contributed by atoms with Crippen LogP contribution in [0.1, 0.15) is 5.56 Å². The SMILES string of the molecule is c1cc(C2=N[Se][Se]N2)cc(-c2n[se][se+]n2)c1. The molecule has 0 amide bonds. The van der Waals surface area contributed by atoms with E-state index in [1.807, 2.05) is 0 Å². The van der Waals surface area contributed by atoms with Crippen molar-refractivity contribution in [3.05, 3.63) is 29.8 Å². The molecule has 3 rings (SSSR count). The number of rotatable bonds is 2. The zero-order chi connectivity index (χ0) is 10.8. The van der Waals surface area contributed by atoms with E-state index in [1.54, 1.807) is 0 Å². The standard InChI is InChI=1S/C8H5N4Se4/c1-2-5(7-9-13-14-10-7)4-6(3-1)8-11-15-16-12-8/h1-4H,(H,9,10)/q+1. The Hall–Kier alpha value is 0.238. The number of nitrogens with zero attached hydrogens (tertiary/aromatic N) is 3. The summed E-state index contributed by atoms with van der Waals surface area (Å²) >= 11 is 1.70. The molecule has 0 radical (unpaired) electrons. The van der Waals surface area contributed by atoms with E-state index in [2.05, 4.69) is 40.6 Å². The summed E-state index contributed by atoms with van der Waals surface area (Å²) in [7, 11) is 0. The summed E-state index contributed by atoms with van der Waals surface area (Å²) < 4.78 is 16.8. The molecule has 0 saturated heterocycles. The van der Waals surface area contributed by atoms with Gasteiger partial charge in [0.1, 0.15) is 0 Å². The molecule has 1 aliphatic heterocycles. The van der Waals surface area contributed by atoms with Gasteiger partial charge in [-0.2, -0.15) is 0 Å². The van der Waals surface area contributed by atoms with Gasteiger partial charge in [0.15, 0.2) is 0 Å². The Morgan fingerprint density at radius 3 is 2.94 bits per heavy atom. The van der Waals surface area contributed by atoms with Gasteiger partial charge < -0.3 is 0 Å². The fraction of sp³-hybridized carbons (Fsp3) is 0. The molecule has 4 nitrogen and oxygen atoms in total. The van der Waals surface area contributed by atoms with Crippen LogP contribution in [0.5, 0.6) is 0 Å². The molecule has 0 unspecified atom stereocenters. The number of aromatic nitrogens is 2. The van der Waals surface area contributed by atoms with Crippen molar-refractivity contribution in [3.63, 3.8) is 0 Å². The van der Waals surface area contributed by atoms with Crippen LogP contribution in [0.4, 0.5) is 0 Å². The maximum atomic E-state index is 4.51. The molecule has 8 heteroatoms. The molecule has 80 valence electrons. The van der Waals surface area contributed by atoms with E-state index < -0.39 is 0 Å². The molecule has 1 aromatic carbocycles. The van der Waals surface area contributed by atoms with Gasteiger partial charge in [-0.25, -0.2) is 0 Å². The van der Waals surface area contributed by atoms with Crippen molar-refractivity contribution in [3.8, 4) is 11.4 Å². The fourth-order valence-corrected chi connectivity index (χ4v) is 8.77. The van der Waals surface area contributed by atoms with Gasteiger partial charge in [0.25, 0.3) is 0 Å². The van der Waals surface area contributed by atoms with Gasteiger partial charge in [-0.3, -0.25) is 0 Å². The van der Waals surface area contributed by atoms with Crippen LogP contribution in [0.2, 0.25) is 0 Å². The second-order valence-corrected chi connectivity index (χ2v) is 12.5. The molecule has 0 fully saturated rings. The zero-order valence-corrected chi connectivity index (χ0v) is 14.6. The van der Waals surface area contributed by atoms with Crippen molar-refractivity contribution in [2.75, 3.05) is 0 Å². The normalized spacial score (nSPS) is 14.6. The third kappa shape index (κ3) is 2.40. The predicted molar refractivity (Wildman–Crippen MR) is 66.9 cm³/mol. The van der Waals surface area contributed by atoms with Crippen LogP contribution in [0, 0.1) is 0 Å². The number of amidine groups is 1. The molecule has 1 aromatic heterocycles. The van der Waals surface area contributed by atoms with Crippen LogP contribution >= 0.6 is 0 Å². The second kappa shape index (κ2) is 5.26. The quantitative estimate of drug-likeness (QED) is 0.573. The van der Waals surface area contributed by atoms with E-state index in [0.717, 1.165) is 17.2 Å². The summed E-state index contributed by atoms with van der Waals surface area (Å²) in [5, 5.41) is 0. The molecule has 0 spiro atoms. The van der Waals surface area contributed by atoms with Crippen LogP contribution in [0.3, 0.4) is 0 Å². The third-order valence-corrected chi connectivity index (χ3v) is 9.32. The molecule has 0 aliphatic carbocycles. The van der Waals surface area contributed by atoms with Crippen molar-refractivity contribution in [1.82, 2.24) is 12.3 Å². The first-order chi connectivity index (χ1) is 7.93. The van der Waals surface area contributed by atoms with Crippen LogP contribution in [-0.4, -0.2) is 66.2 Å². The summed E-state index contributed by atoms with van der Waals surface area (Å²) in [5.41, 5.74) is 2.30. The van der Waals surface area contributed by atoms with E-state index in [4.69, 9.17) is 0 Å². The molecular formula is C8H5N4Se4+. The molecule has 0 saturated carbocycles. The van der Waals surface area contributed by atoms with E-state index in [0.29, 0.717) is 52.4 Å². The summed E-state index contributed by atoms with van der Waals surface area (Å²) in [6.45, 7) is 0. The average Bonchev–Trinajstić information content (AvgIpc) is 3.03. The fourth-order valence-electron chi connectivity index (χ4n) is 1.28. The Morgan fingerprint density at radius 1 is 1.25 bits per heavy atom. The topological polar surface area (TPSA) is 50.2 Å². The van der Waals surface area contributed by atoms with Crippen LogP contribution in [-0.2, 0) is 0 Å². The van der Waals surface area contributed by atoms with Crippen LogP contribution in [0.15, 0.2) is 28.3 Å². The summed E-state index contributed by atoms with van der Waals surface area (Å²) in [4.78, 5) is 0. The molecule has 0 bridgehead atoms. The Morgan fingerprint density at radius 2 is 2.19 bits per heavy atom. The Bertz CT molecular complexity index is 525. The summed E-state index contributed by atoms with van der Waals surface area (Å²) in [6, 6.07) is 8.38. The van der Waals surface area contributed by atoms with Crippen molar-refractivity contribution >= 4 is 58.3 Å². The third-order valence-electron chi connectivity index (χ3n) is 1.98. The van der Waals surface area contributed by atoms with Crippen molar-refractivity contribution < 1.29 is 0 Å². The van der Waals surface area contributed by atoms with E-state index in [9.17, 15) is 0 Å². The molecule has 1 N–H and O–H groups in total. The molecule has 2 heterocycles. The minimum absolute atomic E-state index is 0.383. The zero-order valence-electron chi connectivity index (χ0n) is 7.78. The Kier molecular flexibility index (Phi) is 3.73. The van der Waals surface area contributed by atoms with E-state index in [1.165, 1.54) is 5.56 Å². The first kappa shape index (κ1) is 11.3. The minimum atomic E-state index is 0.383. The monoisotopic (exact) mass is 477 g/mol. The van der Waals surface area contributed by atoms with Gasteiger partial charge in [-0.15, -0.1) is 0 Å². The predicted octanol–water partition coefficient (Wildman–Crippen LogP) is -0.958. The Labute approximate surface area is 115 Å². The molecule has 2 aromatic rings. The maximum absolute atomic E-state index is 4.51. The van der Waals surface area contributed by atoms with Crippen molar-refractivity contribution in [2.45, 2.75) is 0 Å². The first-order valence-electron chi connectivity index (χ1n) is 4.33. The van der Waals surface area contributed by atoms with E-state index >= 15 is 0 Å². The second-order valence-electron chi connectivity index (χ2n) is 2.94. The molecule has 0 atom stereocenters. The van der Waals surface area contributed by atoms with Gasteiger partial charge in [0, 0.05) is 0 Å². The van der Waals surface area contributed by atoms with Crippen LogP contribution < -0.4 is 4.33 Å². The van der Waals surface area contributed by atoms with Gasteiger partial charge >= 0.3 is 116 Å². The van der Waals surface area contributed by atoms with Gasteiger partial charge in [-0.05, 0) is 0 Å². The average molecular weight is 473 g/mol. The number of hydrogen-bond donors (Lipinski definition) is 1. The van der Waals surface area contributed by atoms with Gasteiger partial charge in [0.05, 0.1) is 0 Å². The first-order valence-corrected chi connectivity index (χ1v) is 16.1. The molecule has 1 aliphatic rings. The Balaban J connectivity index is 2.00. The summed E-state index contributed by atoms with van der Waals surface area (Å²) in [6.07, 6.45) is 0. The van der Waals surface area contributed by atoms with Gasteiger partial charge in [-0.1, -0.05) is 0 Å². The van der Waals surface area contributed by atoms with Crippen LogP contribution in [0.25, 0.3) is 11.4 Å². The van der Waals surface area contributed by atoms with Gasteiger partial charge in [0.2, 0.25) is 0 Å². The molecule has 16 heavy (non-hydrogen) atoms. The van der Waals surface area contributed by atoms with E-state index in [-0.39, 0.29) is 0 Å². The van der Waals surface area contributed by atoms with Crippen molar-refractivity contribution in [1.29, 1.82) is 0 Å². The summed E-state index contributed by atoms with van der Waals surface area (Å²) in [5.74, 6) is 1.99.